The van der Waals surface area contributed by atoms with E-state index in [9.17, 15) is 9.59 Å². The third-order valence-corrected chi connectivity index (χ3v) is 6.59. The molecule has 1 aliphatic rings. The fourth-order valence-corrected chi connectivity index (χ4v) is 4.91. The molecule has 0 bridgehead atoms. The molecule has 6 heteroatoms. The van der Waals surface area contributed by atoms with Crippen molar-refractivity contribution in [3.05, 3.63) is 144 Å². The second-order valence-corrected chi connectivity index (χ2v) is 8.93. The summed E-state index contributed by atoms with van der Waals surface area (Å²) in [6, 6.07) is 39.2. The van der Waals surface area contributed by atoms with Crippen LogP contribution in [0.25, 0.3) is 0 Å². The first-order chi connectivity index (χ1) is 17.2. The molecule has 0 spiro atoms. The molecule has 1 heterocycles. The van der Waals surface area contributed by atoms with Gasteiger partial charge in [-0.25, -0.2) is 0 Å². The van der Waals surface area contributed by atoms with Gasteiger partial charge in [-0.3, -0.25) is 9.59 Å². The molecular formula is C31H30Cl2N2O2. The highest BCUT2D eigenvalue weighted by atomic mass is 35.5. The largest absolute Gasteiger partial charge is 0.327 e. The van der Waals surface area contributed by atoms with Gasteiger partial charge in [0.25, 0.3) is 0 Å². The van der Waals surface area contributed by atoms with Gasteiger partial charge < -0.3 is 9.80 Å². The van der Waals surface area contributed by atoms with Crippen LogP contribution in [-0.2, 0) is 22.7 Å². The van der Waals surface area contributed by atoms with Gasteiger partial charge in [-0.1, -0.05) is 121 Å². The lowest BCUT2D eigenvalue weighted by Crippen LogP contribution is -2.61. The number of piperazine rings is 1. The van der Waals surface area contributed by atoms with Gasteiger partial charge in [-0.15, -0.1) is 24.8 Å². The van der Waals surface area contributed by atoms with Crippen molar-refractivity contribution < 1.29 is 9.59 Å². The number of nitrogens with zero attached hydrogens (tertiary/aromatic N) is 2. The molecule has 2 amide bonds. The maximum Gasteiger partial charge on any atom is 0.247 e. The highest BCUT2D eigenvalue weighted by Crippen LogP contribution is 2.35. The number of benzene rings is 4. The molecule has 37 heavy (non-hydrogen) atoms. The van der Waals surface area contributed by atoms with E-state index in [2.05, 4.69) is 0 Å². The quantitative estimate of drug-likeness (QED) is 0.288. The maximum absolute atomic E-state index is 14.2. The van der Waals surface area contributed by atoms with Gasteiger partial charge in [0.1, 0.15) is 12.6 Å². The van der Waals surface area contributed by atoms with E-state index < -0.39 is 6.04 Å². The molecule has 1 unspecified atom stereocenters. The van der Waals surface area contributed by atoms with E-state index in [-0.39, 0.29) is 49.1 Å². The summed E-state index contributed by atoms with van der Waals surface area (Å²) >= 11 is 0. The minimum Gasteiger partial charge on any atom is -0.327 e. The van der Waals surface area contributed by atoms with Crippen LogP contribution in [0.4, 0.5) is 0 Å². The highest BCUT2D eigenvalue weighted by Gasteiger charge is 2.44. The third-order valence-electron chi connectivity index (χ3n) is 6.59. The number of carbonyl (C=O) groups is 2. The normalized spacial score (nSPS) is 15.2. The summed E-state index contributed by atoms with van der Waals surface area (Å²) < 4.78 is 0. The van der Waals surface area contributed by atoms with Crippen molar-refractivity contribution in [3.8, 4) is 0 Å². The Bertz CT molecular complexity index is 1230. The lowest BCUT2D eigenvalue weighted by molar-refractivity contribution is -0.157. The summed E-state index contributed by atoms with van der Waals surface area (Å²) in [6.45, 7) is 0.885. The number of hydrogen-bond donors (Lipinski definition) is 0. The SMILES string of the molecule is Cl.Cl.O=C1C(C(c2ccccc2)c2ccccc2)N(Cc2ccccc2)C(=O)CN1Cc1ccccc1. The van der Waals surface area contributed by atoms with Crippen molar-refractivity contribution in [1.82, 2.24) is 9.80 Å². The Morgan fingerprint density at radius 3 is 1.46 bits per heavy atom. The first kappa shape index (κ1) is 28.0. The van der Waals surface area contributed by atoms with Gasteiger partial charge in [0.2, 0.25) is 11.8 Å². The molecule has 0 radical (unpaired) electrons. The molecule has 1 fully saturated rings. The predicted octanol–water partition coefficient (Wildman–Crippen LogP) is 6.10. The molecule has 1 saturated heterocycles. The minimum atomic E-state index is -0.648. The third kappa shape index (κ3) is 6.40. The van der Waals surface area contributed by atoms with Crippen LogP contribution in [0.3, 0.4) is 0 Å². The lowest BCUT2D eigenvalue weighted by Gasteiger charge is -2.44. The molecule has 190 valence electrons. The van der Waals surface area contributed by atoms with E-state index in [1.165, 1.54) is 0 Å². The van der Waals surface area contributed by atoms with Crippen LogP contribution in [0, 0.1) is 0 Å². The van der Waals surface area contributed by atoms with Gasteiger partial charge in [-0.2, -0.15) is 0 Å². The van der Waals surface area contributed by atoms with Gasteiger partial charge in [0.15, 0.2) is 0 Å². The lowest BCUT2D eigenvalue weighted by atomic mass is 9.82. The number of halogens is 2. The van der Waals surface area contributed by atoms with Crippen LogP contribution in [-0.4, -0.2) is 34.2 Å². The molecule has 5 rings (SSSR count). The Labute approximate surface area is 230 Å². The second kappa shape index (κ2) is 13.1. The van der Waals surface area contributed by atoms with E-state index in [0.717, 1.165) is 22.3 Å². The molecule has 4 aromatic rings. The molecular weight excluding hydrogens is 503 g/mol. The second-order valence-electron chi connectivity index (χ2n) is 8.93. The summed E-state index contributed by atoms with van der Waals surface area (Å²) in [5, 5.41) is 0. The first-order valence-corrected chi connectivity index (χ1v) is 12.0. The summed E-state index contributed by atoms with van der Waals surface area (Å²) in [5.41, 5.74) is 4.06. The Balaban J connectivity index is 0.00000190. The van der Waals surface area contributed by atoms with Crippen molar-refractivity contribution in [1.29, 1.82) is 0 Å². The number of amides is 2. The van der Waals surface area contributed by atoms with Gasteiger partial charge >= 0.3 is 0 Å². The standard InChI is InChI=1S/C31H28N2O2.2ClH/c34-28-23-32(21-24-13-5-1-6-14-24)31(35)30(33(28)22-25-15-7-2-8-16-25)29(26-17-9-3-10-18-26)27-19-11-4-12-20-27;;/h1-20,29-30H,21-23H2;2*1H. The van der Waals surface area contributed by atoms with Crippen molar-refractivity contribution >= 4 is 36.6 Å². The van der Waals surface area contributed by atoms with Crippen molar-refractivity contribution in [2.24, 2.45) is 0 Å². The Morgan fingerprint density at radius 1 is 0.595 bits per heavy atom. The number of rotatable bonds is 7. The zero-order valence-electron chi connectivity index (χ0n) is 20.4. The van der Waals surface area contributed by atoms with Crippen LogP contribution in [0.1, 0.15) is 28.2 Å². The van der Waals surface area contributed by atoms with Crippen LogP contribution >= 0.6 is 24.8 Å². The van der Waals surface area contributed by atoms with Crippen molar-refractivity contribution in [2.75, 3.05) is 6.54 Å². The summed E-state index contributed by atoms with van der Waals surface area (Å²) in [4.78, 5) is 31.3. The van der Waals surface area contributed by atoms with E-state index in [1.54, 1.807) is 9.80 Å². The molecule has 0 aromatic heterocycles. The van der Waals surface area contributed by atoms with Crippen molar-refractivity contribution in [2.45, 2.75) is 25.0 Å². The molecule has 4 aromatic carbocycles. The molecule has 4 nitrogen and oxygen atoms in total. The predicted molar refractivity (Wildman–Crippen MR) is 152 cm³/mol. The van der Waals surface area contributed by atoms with E-state index >= 15 is 0 Å². The van der Waals surface area contributed by atoms with Crippen molar-refractivity contribution in [3.63, 3.8) is 0 Å². The fraction of sp³-hybridized carbons (Fsp3) is 0.161. The zero-order valence-corrected chi connectivity index (χ0v) is 22.0. The van der Waals surface area contributed by atoms with E-state index in [4.69, 9.17) is 0 Å². The highest BCUT2D eigenvalue weighted by molar-refractivity contribution is 5.96. The minimum absolute atomic E-state index is 0. The van der Waals surface area contributed by atoms with Crippen LogP contribution in [0.2, 0.25) is 0 Å². The Hall–Kier alpha value is -3.60. The van der Waals surface area contributed by atoms with E-state index in [1.807, 2.05) is 121 Å². The van der Waals surface area contributed by atoms with Crippen LogP contribution in [0.5, 0.6) is 0 Å². The molecule has 1 aliphatic heterocycles. The topological polar surface area (TPSA) is 40.6 Å². The van der Waals surface area contributed by atoms with E-state index in [0.29, 0.717) is 13.1 Å². The zero-order chi connectivity index (χ0) is 24.0. The molecule has 0 N–H and O–H groups in total. The average molecular weight is 533 g/mol. The number of hydrogen-bond acceptors (Lipinski definition) is 2. The first-order valence-electron chi connectivity index (χ1n) is 12.0. The summed E-state index contributed by atoms with van der Waals surface area (Å²) in [7, 11) is 0. The maximum atomic E-state index is 14.2. The fourth-order valence-electron chi connectivity index (χ4n) is 4.91. The monoisotopic (exact) mass is 532 g/mol. The van der Waals surface area contributed by atoms with Gasteiger partial charge in [0.05, 0.1) is 0 Å². The summed E-state index contributed by atoms with van der Waals surface area (Å²) in [6.07, 6.45) is 0. The molecule has 0 aliphatic carbocycles. The Morgan fingerprint density at radius 2 is 1.00 bits per heavy atom. The average Bonchev–Trinajstić information content (AvgIpc) is 2.91. The van der Waals surface area contributed by atoms with Gasteiger partial charge in [0, 0.05) is 19.0 Å². The molecule has 0 saturated carbocycles. The molecule has 1 atom stereocenters. The van der Waals surface area contributed by atoms with Crippen LogP contribution < -0.4 is 0 Å². The summed E-state index contributed by atoms with van der Waals surface area (Å²) in [5.74, 6) is -0.343. The smallest absolute Gasteiger partial charge is 0.247 e. The Kier molecular flexibility index (Phi) is 9.90. The number of carbonyl (C=O) groups excluding carboxylic acids is 2. The van der Waals surface area contributed by atoms with Gasteiger partial charge in [-0.05, 0) is 22.3 Å². The van der Waals surface area contributed by atoms with Crippen LogP contribution in [0.15, 0.2) is 121 Å².